The molecule has 76 valence electrons. The first-order valence-corrected chi connectivity index (χ1v) is 5.78. The van der Waals surface area contributed by atoms with Gasteiger partial charge in [0.15, 0.2) is 0 Å². The van der Waals surface area contributed by atoms with Crippen molar-refractivity contribution in [2.24, 2.45) is 0 Å². The van der Waals surface area contributed by atoms with Crippen molar-refractivity contribution in [2.45, 2.75) is 25.7 Å². The SMILES string of the molecule is N#CCCCCOCCc1cccs1. The van der Waals surface area contributed by atoms with Gasteiger partial charge in [-0.1, -0.05) is 6.07 Å². The van der Waals surface area contributed by atoms with Crippen LogP contribution in [0.3, 0.4) is 0 Å². The van der Waals surface area contributed by atoms with Crippen LogP contribution in [0.4, 0.5) is 0 Å². The zero-order chi connectivity index (χ0) is 10.1. The number of nitriles is 1. The first-order valence-electron chi connectivity index (χ1n) is 4.90. The lowest BCUT2D eigenvalue weighted by Gasteiger charge is -2.01. The lowest BCUT2D eigenvalue weighted by molar-refractivity contribution is 0.134. The molecule has 0 radical (unpaired) electrons. The fourth-order valence-corrected chi connectivity index (χ4v) is 1.83. The molecule has 0 spiro atoms. The molecule has 1 aromatic heterocycles. The molecule has 0 bridgehead atoms. The number of hydrogen-bond donors (Lipinski definition) is 0. The summed E-state index contributed by atoms with van der Waals surface area (Å²) in [6.07, 6.45) is 3.61. The highest BCUT2D eigenvalue weighted by molar-refractivity contribution is 7.09. The van der Waals surface area contributed by atoms with E-state index in [0.717, 1.165) is 32.5 Å². The summed E-state index contributed by atoms with van der Waals surface area (Å²) in [4.78, 5) is 1.38. The highest BCUT2D eigenvalue weighted by Gasteiger charge is 1.93. The van der Waals surface area contributed by atoms with Crippen molar-refractivity contribution in [1.82, 2.24) is 0 Å². The summed E-state index contributed by atoms with van der Waals surface area (Å²) in [6.45, 7) is 1.58. The molecule has 0 aliphatic carbocycles. The van der Waals surface area contributed by atoms with Crippen molar-refractivity contribution in [3.05, 3.63) is 22.4 Å². The number of rotatable bonds is 7. The molecule has 0 saturated heterocycles. The number of nitrogens with zero attached hydrogens (tertiary/aromatic N) is 1. The molecular weight excluding hydrogens is 194 g/mol. The molecule has 0 saturated carbocycles. The number of unbranched alkanes of at least 4 members (excludes halogenated alkanes) is 2. The lowest BCUT2D eigenvalue weighted by atomic mass is 10.3. The van der Waals surface area contributed by atoms with Gasteiger partial charge in [-0.05, 0) is 24.3 Å². The predicted molar refractivity (Wildman–Crippen MR) is 58.3 cm³/mol. The molecule has 0 unspecified atom stereocenters. The van der Waals surface area contributed by atoms with Crippen molar-refractivity contribution >= 4 is 11.3 Å². The van der Waals surface area contributed by atoms with Crippen LogP contribution in [0, 0.1) is 11.3 Å². The average Bonchev–Trinajstić information content (AvgIpc) is 2.69. The Labute approximate surface area is 89.1 Å². The molecular formula is C11H15NOS. The van der Waals surface area contributed by atoms with Crippen molar-refractivity contribution < 1.29 is 4.74 Å². The second kappa shape index (κ2) is 7.54. The minimum atomic E-state index is 0.647. The maximum absolute atomic E-state index is 8.30. The molecule has 2 nitrogen and oxygen atoms in total. The summed E-state index contributed by atoms with van der Waals surface area (Å²) in [5, 5.41) is 10.4. The minimum absolute atomic E-state index is 0.647. The molecule has 0 aliphatic rings. The van der Waals surface area contributed by atoms with Crippen LogP contribution in [-0.2, 0) is 11.2 Å². The molecule has 1 heterocycles. The smallest absolute Gasteiger partial charge is 0.0621 e. The van der Waals surface area contributed by atoms with Gasteiger partial charge < -0.3 is 4.74 Å². The van der Waals surface area contributed by atoms with Gasteiger partial charge in [-0.15, -0.1) is 11.3 Å². The molecule has 3 heteroatoms. The molecule has 1 aromatic rings. The second-order valence-corrected chi connectivity index (χ2v) is 4.09. The van der Waals surface area contributed by atoms with Gasteiger partial charge in [0, 0.05) is 24.3 Å². The largest absolute Gasteiger partial charge is 0.381 e. The monoisotopic (exact) mass is 209 g/mol. The quantitative estimate of drug-likeness (QED) is 0.647. The van der Waals surface area contributed by atoms with Crippen LogP contribution in [0.5, 0.6) is 0 Å². The van der Waals surface area contributed by atoms with Gasteiger partial charge in [0.05, 0.1) is 12.7 Å². The summed E-state index contributed by atoms with van der Waals surface area (Å²) < 4.78 is 5.45. The van der Waals surface area contributed by atoms with Gasteiger partial charge in [-0.3, -0.25) is 0 Å². The van der Waals surface area contributed by atoms with Gasteiger partial charge in [-0.2, -0.15) is 5.26 Å². The Morgan fingerprint density at radius 2 is 2.29 bits per heavy atom. The molecule has 1 rings (SSSR count). The van der Waals surface area contributed by atoms with Gasteiger partial charge >= 0.3 is 0 Å². The van der Waals surface area contributed by atoms with Crippen LogP contribution < -0.4 is 0 Å². The van der Waals surface area contributed by atoms with Gasteiger partial charge in [0.2, 0.25) is 0 Å². The Bertz CT molecular complexity index is 263. The normalized spacial score (nSPS) is 9.93. The van der Waals surface area contributed by atoms with E-state index < -0.39 is 0 Å². The van der Waals surface area contributed by atoms with E-state index in [-0.39, 0.29) is 0 Å². The zero-order valence-electron chi connectivity index (χ0n) is 8.24. The van der Waals surface area contributed by atoms with E-state index in [2.05, 4.69) is 23.6 Å². The summed E-state index contributed by atoms with van der Waals surface area (Å²) in [6, 6.07) is 6.32. The second-order valence-electron chi connectivity index (χ2n) is 3.06. The summed E-state index contributed by atoms with van der Waals surface area (Å²) >= 11 is 1.77. The maximum Gasteiger partial charge on any atom is 0.0621 e. The fraction of sp³-hybridized carbons (Fsp3) is 0.545. The Balaban J connectivity index is 1.88. The number of ether oxygens (including phenoxy) is 1. The van der Waals surface area contributed by atoms with E-state index in [1.165, 1.54) is 4.88 Å². The molecule has 14 heavy (non-hydrogen) atoms. The molecule has 0 aliphatic heterocycles. The van der Waals surface area contributed by atoms with Crippen LogP contribution in [0.1, 0.15) is 24.1 Å². The van der Waals surface area contributed by atoms with Crippen molar-refractivity contribution in [1.29, 1.82) is 5.26 Å². The molecule has 0 N–H and O–H groups in total. The lowest BCUT2D eigenvalue weighted by Crippen LogP contribution is -1.99. The van der Waals surface area contributed by atoms with Gasteiger partial charge in [-0.25, -0.2) is 0 Å². The Hall–Kier alpha value is -0.850. The van der Waals surface area contributed by atoms with Crippen molar-refractivity contribution in [3.8, 4) is 6.07 Å². The summed E-state index contributed by atoms with van der Waals surface area (Å²) in [5.74, 6) is 0. The van der Waals surface area contributed by atoms with Crippen LogP contribution >= 0.6 is 11.3 Å². The summed E-state index contributed by atoms with van der Waals surface area (Å²) in [5.41, 5.74) is 0. The maximum atomic E-state index is 8.30. The third-order valence-corrected chi connectivity index (χ3v) is 2.84. The van der Waals surface area contributed by atoms with E-state index in [9.17, 15) is 0 Å². The van der Waals surface area contributed by atoms with Crippen molar-refractivity contribution in [2.75, 3.05) is 13.2 Å². The van der Waals surface area contributed by atoms with E-state index in [1.807, 2.05) is 0 Å². The first-order chi connectivity index (χ1) is 6.93. The number of thiophene rings is 1. The standard InChI is InChI=1S/C11H15NOS/c12-7-2-1-3-8-13-9-6-11-5-4-10-14-11/h4-5,10H,1-3,6,8-9H2. The van der Waals surface area contributed by atoms with Crippen LogP contribution in [0.2, 0.25) is 0 Å². The van der Waals surface area contributed by atoms with E-state index in [0.29, 0.717) is 6.42 Å². The third-order valence-electron chi connectivity index (χ3n) is 1.90. The molecule has 0 fully saturated rings. The Morgan fingerprint density at radius 3 is 3.00 bits per heavy atom. The molecule has 0 amide bonds. The van der Waals surface area contributed by atoms with Crippen molar-refractivity contribution in [3.63, 3.8) is 0 Å². The topological polar surface area (TPSA) is 33.0 Å². The highest BCUT2D eigenvalue weighted by Crippen LogP contribution is 2.08. The third kappa shape index (κ3) is 5.00. The Kier molecular flexibility index (Phi) is 6.05. The minimum Gasteiger partial charge on any atom is -0.381 e. The zero-order valence-corrected chi connectivity index (χ0v) is 9.05. The van der Waals surface area contributed by atoms with Crippen LogP contribution in [0.25, 0.3) is 0 Å². The fourth-order valence-electron chi connectivity index (χ4n) is 1.14. The molecule has 0 atom stereocenters. The number of hydrogen-bond acceptors (Lipinski definition) is 3. The van der Waals surface area contributed by atoms with Gasteiger partial charge in [0.1, 0.15) is 0 Å². The predicted octanol–water partition coefficient (Wildman–Crippen LogP) is 3.00. The first kappa shape index (κ1) is 11.2. The van der Waals surface area contributed by atoms with E-state index in [4.69, 9.17) is 10.00 Å². The van der Waals surface area contributed by atoms with Crippen LogP contribution in [-0.4, -0.2) is 13.2 Å². The van der Waals surface area contributed by atoms with E-state index in [1.54, 1.807) is 11.3 Å². The van der Waals surface area contributed by atoms with Gasteiger partial charge in [0.25, 0.3) is 0 Å². The average molecular weight is 209 g/mol. The summed E-state index contributed by atoms with van der Waals surface area (Å²) in [7, 11) is 0. The van der Waals surface area contributed by atoms with E-state index >= 15 is 0 Å². The Morgan fingerprint density at radius 1 is 1.36 bits per heavy atom. The van der Waals surface area contributed by atoms with Crippen LogP contribution in [0.15, 0.2) is 17.5 Å². The highest BCUT2D eigenvalue weighted by atomic mass is 32.1. The molecule has 0 aromatic carbocycles.